The lowest BCUT2D eigenvalue weighted by Crippen LogP contribution is -2.49. The van der Waals surface area contributed by atoms with E-state index in [1.54, 1.807) is 0 Å². The van der Waals surface area contributed by atoms with Crippen LogP contribution in [0.4, 0.5) is 0 Å². The first-order valence-electron chi connectivity index (χ1n) is 14.4. The summed E-state index contributed by atoms with van der Waals surface area (Å²) in [5.41, 5.74) is 6.09. The van der Waals surface area contributed by atoms with Gasteiger partial charge in [-0.1, -0.05) is 72.7 Å². The minimum Gasteiger partial charge on any atom is -0.493 e. The van der Waals surface area contributed by atoms with Gasteiger partial charge in [0, 0.05) is 24.9 Å². The normalized spacial score (nSPS) is 22.4. The van der Waals surface area contributed by atoms with Crippen molar-refractivity contribution < 1.29 is 19.1 Å². The third kappa shape index (κ3) is 3.69. The Morgan fingerprint density at radius 3 is 2.47 bits per heavy atom. The van der Waals surface area contributed by atoms with Crippen molar-refractivity contribution in [2.45, 2.75) is 24.6 Å². The minimum atomic E-state index is -2.81. The van der Waals surface area contributed by atoms with E-state index in [1.165, 1.54) is 4.90 Å². The highest BCUT2D eigenvalue weighted by Gasteiger charge is 2.49. The summed E-state index contributed by atoms with van der Waals surface area (Å²) in [6, 6.07) is 17.1. The molecule has 164 valence electrons. The molecule has 3 aromatic carbocycles. The highest BCUT2D eigenvalue weighted by molar-refractivity contribution is 5.91. The second-order valence-electron chi connectivity index (χ2n) is 8.23. The predicted molar refractivity (Wildman–Crippen MR) is 127 cm³/mol. The van der Waals surface area contributed by atoms with E-state index < -0.39 is 41.7 Å². The van der Waals surface area contributed by atoms with Crippen molar-refractivity contribution in [2.75, 3.05) is 26.2 Å². The van der Waals surface area contributed by atoms with Gasteiger partial charge in [0.15, 0.2) is 0 Å². The van der Waals surface area contributed by atoms with Crippen LogP contribution in [-0.2, 0) is 23.0 Å². The molecule has 32 heavy (non-hydrogen) atoms. The lowest BCUT2D eigenvalue weighted by atomic mass is 9.64. The Hall–Kier alpha value is -3.11. The van der Waals surface area contributed by atoms with Gasteiger partial charge in [0.05, 0.1) is 10.7 Å². The van der Waals surface area contributed by atoms with Crippen LogP contribution in [0.2, 0.25) is 0 Å². The number of ether oxygens (including phenoxy) is 1. The zero-order chi connectivity index (χ0) is 28.2. The van der Waals surface area contributed by atoms with Crippen molar-refractivity contribution in [1.82, 2.24) is 4.90 Å². The first kappa shape index (κ1) is 14.1. The van der Waals surface area contributed by atoms with E-state index in [2.05, 4.69) is 0 Å². The predicted octanol–water partition coefficient (Wildman–Crippen LogP) is 3.96. The molecule has 0 saturated carbocycles. The van der Waals surface area contributed by atoms with Gasteiger partial charge in [0.1, 0.15) is 11.2 Å². The number of primary amides is 1. The van der Waals surface area contributed by atoms with Gasteiger partial charge >= 0.3 is 0 Å². The van der Waals surface area contributed by atoms with Crippen molar-refractivity contribution >= 4 is 5.91 Å². The molecular formula is C28H30N2O2. The zero-order valence-electron chi connectivity index (χ0n) is 24.7. The number of likely N-dealkylation sites (tertiary alicyclic amines) is 1. The molecule has 2 heterocycles. The van der Waals surface area contributed by atoms with Crippen LogP contribution < -0.4 is 10.5 Å². The van der Waals surface area contributed by atoms with Gasteiger partial charge in [-0.2, -0.15) is 0 Å². The molecule has 0 aliphatic carbocycles. The van der Waals surface area contributed by atoms with Gasteiger partial charge in [-0.15, -0.1) is 0 Å². The molecule has 5 rings (SSSR count). The molecule has 4 heteroatoms. The van der Waals surface area contributed by atoms with E-state index in [0.29, 0.717) is 29.5 Å². The molecule has 0 radical (unpaired) electrons. The van der Waals surface area contributed by atoms with Crippen molar-refractivity contribution in [3.8, 4) is 5.75 Å². The number of carbonyl (C=O) groups excluding carboxylic acids is 1. The van der Waals surface area contributed by atoms with Crippen LogP contribution in [0.1, 0.15) is 38.3 Å². The third-order valence-electron chi connectivity index (χ3n) is 6.44. The van der Waals surface area contributed by atoms with E-state index >= 15 is 0 Å². The topological polar surface area (TPSA) is 55.6 Å². The summed E-state index contributed by atoms with van der Waals surface area (Å²) in [5, 5.41) is 0. The van der Waals surface area contributed by atoms with Gasteiger partial charge in [-0.25, -0.2) is 0 Å². The van der Waals surface area contributed by atoms with E-state index in [9.17, 15) is 4.79 Å². The Balaban J connectivity index is 1.57. The summed E-state index contributed by atoms with van der Waals surface area (Å²) < 4.78 is 66.6. The van der Waals surface area contributed by atoms with Gasteiger partial charge in [0.25, 0.3) is 0 Å². The smallest absolute Gasteiger partial charge is 0.232 e. The molecule has 0 spiro atoms. The largest absolute Gasteiger partial charge is 0.493 e. The summed E-state index contributed by atoms with van der Waals surface area (Å²) in [6.45, 7) is -2.28. The zero-order valence-corrected chi connectivity index (χ0v) is 17.7. The fourth-order valence-corrected chi connectivity index (χ4v) is 4.93. The number of amides is 1. The van der Waals surface area contributed by atoms with Crippen LogP contribution in [0.15, 0.2) is 78.8 Å². The number of nitrogens with zero attached hydrogens (tertiary/aromatic N) is 1. The number of carbonyl (C=O) groups is 1. The van der Waals surface area contributed by atoms with Crippen molar-refractivity contribution in [3.63, 3.8) is 0 Å². The monoisotopic (exact) mass is 433 g/mol. The molecule has 2 aliphatic rings. The molecule has 0 bridgehead atoms. The van der Waals surface area contributed by atoms with Gasteiger partial charge < -0.3 is 15.4 Å². The Morgan fingerprint density at radius 1 is 1.12 bits per heavy atom. The molecule has 1 saturated heterocycles. The lowest BCUT2D eigenvalue weighted by molar-refractivity contribution is -0.123. The van der Waals surface area contributed by atoms with Crippen LogP contribution in [0, 0.1) is 5.92 Å². The first-order valence-corrected chi connectivity index (χ1v) is 10.9. The van der Waals surface area contributed by atoms with Crippen LogP contribution >= 0.6 is 0 Å². The third-order valence-corrected chi connectivity index (χ3v) is 6.44. The summed E-state index contributed by atoms with van der Waals surface area (Å²) in [7, 11) is 0. The second kappa shape index (κ2) is 8.79. The molecule has 1 fully saturated rings. The number of nitrogens with two attached hydrogens (primary N) is 1. The molecule has 3 aromatic rings. The fraction of sp³-hybridized carbons (Fsp3) is 0.321. The number of fused-ring (bicyclic) bond motifs is 1. The molecule has 0 aromatic heterocycles. The molecule has 1 amide bonds. The fourth-order valence-electron chi connectivity index (χ4n) is 4.93. The Kier molecular flexibility index (Phi) is 3.88. The number of benzene rings is 3. The SMILES string of the molecule is [2H]c1c([2H])c(C([2H])([2H])C([2H])([2H])N2CC[C@@H](C(C(N)=O)(c3ccccc3)c3ccccc3)C2)c([2H])c2c1OCC2. The average molecular weight is 434 g/mol. The number of hydrogen-bond donors (Lipinski definition) is 1. The van der Waals surface area contributed by atoms with Crippen LogP contribution in [0.25, 0.3) is 0 Å². The first-order chi connectivity index (χ1) is 18.5. The van der Waals surface area contributed by atoms with Crippen molar-refractivity contribution in [1.29, 1.82) is 0 Å². The second-order valence-corrected chi connectivity index (χ2v) is 8.23. The number of hydrogen-bond acceptors (Lipinski definition) is 3. The molecule has 2 N–H and O–H groups in total. The minimum absolute atomic E-state index is 0.0156. The molecule has 0 unspecified atom stereocenters. The quantitative estimate of drug-likeness (QED) is 0.614. The standard InChI is InChI=1S/C28H30N2O2/c29-27(31)28(23-7-3-1-4-8-23,24-9-5-2-6-10-24)25-14-17-30(20-25)16-13-21-11-12-26-22(19-21)15-18-32-26/h1-12,19,25H,13-18,20H2,(H2,29,31)/t25-/m1/s1/i11D,12D,13D2,16D2,19D. The van der Waals surface area contributed by atoms with Crippen LogP contribution in [0.3, 0.4) is 0 Å². The Bertz CT molecular complexity index is 1360. The molecule has 1 atom stereocenters. The van der Waals surface area contributed by atoms with Crippen LogP contribution in [-0.4, -0.2) is 37.0 Å². The lowest BCUT2D eigenvalue weighted by Gasteiger charge is -2.37. The van der Waals surface area contributed by atoms with Crippen LogP contribution in [0.5, 0.6) is 5.75 Å². The molecular weight excluding hydrogens is 396 g/mol. The van der Waals surface area contributed by atoms with Gasteiger partial charge in [0.2, 0.25) is 5.91 Å². The maximum atomic E-state index is 13.4. The Labute approximate surface area is 199 Å². The van der Waals surface area contributed by atoms with E-state index in [0.717, 1.165) is 0 Å². The molecule has 4 nitrogen and oxygen atoms in total. The van der Waals surface area contributed by atoms with Gasteiger partial charge in [-0.3, -0.25) is 4.79 Å². The maximum absolute atomic E-state index is 13.4. The van der Waals surface area contributed by atoms with E-state index in [1.807, 2.05) is 60.7 Å². The van der Waals surface area contributed by atoms with Crippen molar-refractivity contribution in [2.24, 2.45) is 11.7 Å². The highest BCUT2D eigenvalue weighted by atomic mass is 16.5. The van der Waals surface area contributed by atoms with Gasteiger partial charge in [-0.05, 0) is 53.6 Å². The van der Waals surface area contributed by atoms with E-state index in [-0.39, 0.29) is 37.5 Å². The summed E-state index contributed by atoms with van der Waals surface area (Å²) in [5.74, 6) is -0.949. The average Bonchev–Trinajstić information content (AvgIpc) is 3.60. The maximum Gasteiger partial charge on any atom is 0.232 e. The summed E-state index contributed by atoms with van der Waals surface area (Å²) in [6.07, 6.45) is -2.14. The highest BCUT2D eigenvalue weighted by Crippen LogP contribution is 2.43. The Morgan fingerprint density at radius 2 is 1.81 bits per heavy atom. The summed E-state index contributed by atoms with van der Waals surface area (Å²) in [4.78, 5) is 14.7. The van der Waals surface area contributed by atoms with E-state index in [4.69, 9.17) is 20.1 Å². The summed E-state index contributed by atoms with van der Waals surface area (Å²) >= 11 is 0. The van der Waals surface area contributed by atoms with Crippen molar-refractivity contribution in [3.05, 3.63) is 101 Å². The number of rotatable bonds is 7. The molecule has 2 aliphatic heterocycles.